The number of nitrogens with zero attached hydrogens (tertiary/aromatic N) is 3. The molecule has 0 aromatic carbocycles. The number of unbranched alkanes of at least 4 members (excludes halogenated alkanes) is 2. The van der Waals surface area contributed by atoms with Gasteiger partial charge in [0.2, 0.25) is 0 Å². The zero-order valence-electron chi connectivity index (χ0n) is 19.4. The van der Waals surface area contributed by atoms with E-state index in [2.05, 4.69) is 23.9 Å². The second-order valence-corrected chi connectivity index (χ2v) is 9.12. The molecule has 2 saturated heterocycles. The van der Waals surface area contributed by atoms with Crippen LogP contribution >= 0.6 is 0 Å². The van der Waals surface area contributed by atoms with Gasteiger partial charge in [-0.25, -0.2) is 0 Å². The number of aliphatic hydroxyl groups is 2. The van der Waals surface area contributed by atoms with Crippen LogP contribution in [0.2, 0.25) is 0 Å². The molecule has 2 bridgehead atoms. The lowest BCUT2D eigenvalue weighted by Gasteiger charge is -2.46. The number of azide groups is 1. The van der Waals surface area contributed by atoms with Crippen LogP contribution in [0, 0.1) is 11.8 Å². The average molecular weight is 458 g/mol. The van der Waals surface area contributed by atoms with E-state index in [-0.39, 0.29) is 24.5 Å². The summed E-state index contributed by atoms with van der Waals surface area (Å²) < 4.78 is 30.3. The van der Waals surface area contributed by atoms with Crippen molar-refractivity contribution in [2.45, 2.75) is 102 Å². The number of ether oxygens (including phenoxy) is 5. The van der Waals surface area contributed by atoms with Crippen LogP contribution in [0.4, 0.5) is 0 Å². The Bertz CT molecular complexity index is 620. The normalized spacial score (nSPS) is 41.4. The Morgan fingerprint density at radius 3 is 2.41 bits per heavy atom. The van der Waals surface area contributed by atoms with Crippen molar-refractivity contribution in [3.8, 4) is 0 Å². The van der Waals surface area contributed by atoms with Gasteiger partial charge in [-0.2, -0.15) is 0 Å². The van der Waals surface area contributed by atoms with Gasteiger partial charge in [-0.3, -0.25) is 0 Å². The molecule has 184 valence electrons. The van der Waals surface area contributed by atoms with Gasteiger partial charge < -0.3 is 33.9 Å². The second-order valence-electron chi connectivity index (χ2n) is 9.12. The average Bonchev–Trinajstić information content (AvgIpc) is 3.24. The van der Waals surface area contributed by atoms with Gasteiger partial charge in [0.05, 0.1) is 37.6 Å². The van der Waals surface area contributed by atoms with Crippen molar-refractivity contribution in [2.24, 2.45) is 17.0 Å². The first-order valence-corrected chi connectivity index (χ1v) is 12.0. The predicted octanol–water partition coefficient (Wildman–Crippen LogP) is 2.55. The highest BCUT2D eigenvalue weighted by Crippen LogP contribution is 2.40. The van der Waals surface area contributed by atoms with Crippen LogP contribution < -0.4 is 0 Å². The predicted molar refractivity (Wildman–Crippen MR) is 116 cm³/mol. The van der Waals surface area contributed by atoms with Crippen LogP contribution in [0.3, 0.4) is 0 Å². The topological polar surface area (TPSA) is 135 Å². The van der Waals surface area contributed by atoms with E-state index in [0.29, 0.717) is 26.2 Å². The fourth-order valence-corrected chi connectivity index (χ4v) is 4.94. The van der Waals surface area contributed by atoms with Gasteiger partial charge in [0.15, 0.2) is 6.29 Å². The summed E-state index contributed by atoms with van der Waals surface area (Å²) in [5, 5.41) is 24.8. The molecule has 10 heteroatoms. The molecule has 4 unspecified atom stereocenters. The van der Waals surface area contributed by atoms with Crippen LogP contribution in [-0.4, -0.2) is 85.6 Å². The molecule has 1 aliphatic carbocycles. The molecule has 1 saturated carbocycles. The van der Waals surface area contributed by atoms with E-state index in [1.54, 1.807) is 0 Å². The van der Waals surface area contributed by atoms with E-state index < -0.39 is 42.9 Å². The number of aliphatic hydroxyl groups excluding tert-OH is 2. The fraction of sp³-hybridized carbons (Fsp3) is 1.00. The van der Waals surface area contributed by atoms with Crippen molar-refractivity contribution in [3.05, 3.63) is 10.4 Å². The molecule has 0 spiro atoms. The highest BCUT2D eigenvalue weighted by molar-refractivity contribution is 5.00. The summed E-state index contributed by atoms with van der Waals surface area (Å²) in [6.45, 7) is 7.39. The van der Waals surface area contributed by atoms with Crippen LogP contribution in [0.25, 0.3) is 10.4 Å². The Labute approximate surface area is 190 Å². The summed E-state index contributed by atoms with van der Waals surface area (Å²) in [5.74, 6) is -0.175. The maximum Gasteiger partial charge on any atom is 0.167 e. The van der Waals surface area contributed by atoms with Gasteiger partial charge >= 0.3 is 0 Å². The van der Waals surface area contributed by atoms with Crippen LogP contribution in [0.15, 0.2) is 5.11 Å². The van der Waals surface area contributed by atoms with E-state index in [1.165, 1.54) is 0 Å². The Hall–Kier alpha value is -0.970. The first-order valence-electron chi connectivity index (χ1n) is 12.0. The Kier molecular flexibility index (Phi) is 10.0. The second kappa shape index (κ2) is 12.5. The standard InChI is InChI=1S/C22H39N3O7/c1-4-6-8-28-19-13(3)17(24-25-23)22(31-16(19)11-26)32-20-14-10-15(30-12-14)18(27)21(20)29-9-7-5-2/h13-22,26-27H,4-12H2,1-3H3/t13?,14?,15-,16?,17+,18-,19+,20-,21?,22-/m1/s1. The summed E-state index contributed by atoms with van der Waals surface area (Å²) in [6.07, 6.45) is 0.475. The molecule has 2 aliphatic heterocycles. The lowest BCUT2D eigenvalue weighted by molar-refractivity contribution is -0.295. The Morgan fingerprint density at radius 1 is 1.09 bits per heavy atom. The van der Waals surface area contributed by atoms with Crippen molar-refractivity contribution in [2.75, 3.05) is 26.4 Å². The quantitative estimate of drug-likeness (QED) is 0.199. The molecule has 2 N–H and O–H groups in total. The van der Waals surface area contributed by atoms with Gasteiger partial charge in [0, 0.05) is 24.0 Å². The van der Waals surface area contributed by atoms with Crippen molar-refractivity contribution in [1.29, 1.82) is 0 Å². The number of rotatable bonds is 12. The zero-order valence-corrected chi connectivity index (χ0v) is 19.4. The van der Waals surface area contributed by atoms with Crippen molar-refractivity contribution >= 4 is 0 Å². The Morgan fingerprint density at radius 2 is 1.78 bits per heavy atom. The third-order valence-corrected chi connectivity index (χ3v) is 6.85. The minimum atomic E-state index is -0.879. The maximum atomic E-state index is 10.8. The third-order valence-electron chi connectivity index (χ3n) is 6.85. The fourth-order valence-electron chi connectivity index (χ4n) is 4.94. The van der Waals surface area contributed by atoms with E-state index >= 15 is 0 Å². The van der Waals surface area contributed by atoms with Crippen molar-refractivity contribution in [1.82, 2.24) is 0 Å². The van der Waals surface area contributed by atoms with Crippen LogP contribution in [-0.2, 0) is 23.7 Å². The maximum absolute atomic E-state index is 10.8. The van der Waals surface area contributed by atoms with Gasteiger partial charge in [-0.15, -0.1) is 0 Å². The summed E-state index contributed by atoms with van der Waals surface area (Å²) in [4.78, 5) is 3.02. The molecule has 3 fully saturated rings. The lowest BCUT2D eigenvalue weighted by Crippen LogP contribution is -2.59. The van der Waals surface area contributed by atoms with E-state index in [4.69, 9.17) is 23.7 Å². The molecule has 10 atom stereocenters. The minimum absolute atomic E-state index is 0.0479. The molecule has 2 heterocycles. The molecule has 3 aliphatic rings. The van der Waals surface area contributed by atoms with E-state index in [1.807, 2.05) is 6.92 Å². The summed E-state index contributed by atoms with van der Waals surface area (Å²) >= 11 is 0. The molecule has 10 nitrogen and oxygen atoms in total. The van der Waals surface area contributed by atoms with Gasteiger partial charge in [0.25, 0.3) is 0 Å². The molecule has 0 amide bonds. The van der Waals surface area contributed by atoms with Crippen molar-refractivity contribution in [3.63, 3.8) is 0 Å². The Balaban J connectivity index is 1.77. The number of hydrogen-bond acceptors (Lipinski definition) is 8. The monoisotopic (exact) mass is 457 g/mol. The van der Waals surface area contributed by atoms with Gasteiger partial charge in [-0.05, 0) is 30.7 Å². The smallest absolute Gasteiger partial charge is 0.167 e. The third kappa shape index (κ3) is 5.74. The summed E-state index contributed by atoms with van der Waals surface area (Å²) in [7, 11) is 0. The number of hydrogen-bond donors (Lipinski definition) is 2. The minimum Gasteiger partial charge on any atom is -0.394 e. The molecule has 32 heavy (non-hydrogen) atoms. The number of fused-ring (bicyclic) bond motifs is 2. The first-order chi connectivity index (χ1) is 15.5. The largest absolute Gasteiger partial charge is 0.394 e. The van der Waals surface area contributed by atoms with Crippen molar-refractivity contribution < 1.29 is 33.9 Å². The molecule has 0 aromatic heterocycles. The summed E-state index contributed by atoms with van der Waals surface area (Å²) in [5.41, 5.74) is 9.20. The highest BCUT2D eigenvalue weighted by atomic mass is 16.7. The molecular formula is C22H39N3O7. The van der Waals surface area contributed by atoms with E-state index in [9.17, 15) is 15.7 Å². The first kappa shape index (κ1) is 25.6. The van der Waals surface area contributed by atoms with Gasteiger partial charge in [-0.1, -0.05) is 38.7 Å². The molecule has 0 radical (unpaired) electrons. The summed E-state index contributed by atoms with van der Waals surface area (Å²) in [6, 6.07) is -0.636. The highest BCUT2D eigenvalue weighted by Gasteiger charge is 2.53. The van der Waals surface area contributed by atoms with Gasteiger partial charge in [0.1, 0.15) is 18.3 Å². The lowest BCUT2D eigenvalue weighted by atomic mass is 9.83. The van der Waals surface area contributed by atoms with E-state index in [0.717, 1.165) is 25.7 Å². The molecule has 3 rings (SSSR count). The van der Waals surface area contributed by atoms with Crippen LogP contribution in [0.5, 0.6) is 0 Å². The van der Waals surface area contributed by atoms with Crippen LogP contribution in [0.1, 0.15) is 52.9 Å². The zero-order chi connectivity index (χ0) is 23.1. The molecular weight excluding hydrogens is 418 g/mol. The SMILES string of the molecule is CCCCOC1[C@H](O[C@H]2OC(CO)[C@@H](OCCCC)C(C)[C@@H]2N=[N+]=[N-])C2CO[C@H](C2)[C@H]1O. The molecule has 0 aromatic rings.